The van der Waals surface area contributed by atoms with Crippen molar-refractivity contribution in [3.8, 4) is 0 Å². The smallest absolute Gasteiger partial charge is 0.0485 e. The Kier molecular flexibility index (Phi) is 1.29. The minimum atomic E-state index is 0.166. The van der Waals surface area contributed by atoms with E-state index in [1.54, 1.807) is 0 Å². The predicted octanol–water partition coefficient (Wildman–Crippen LogP) is 0.106. The van der Waals surface area contributed by atoms with Crippen LogP contribution < -0.4 is 5.73 Å². The highest BCUT2D eigenvalue weighted by Crippen LogP contribution is 2.38. The summed E-state index contributed by atoms with van der Waals surface area (Å²) in [5, 5.41) is 8.71. The molecule has 1 fully saturated rings. The highest BCUT2D eigenvalue weighted by atomic mass is 16.3. The number of hydrogen-bond acceptors (Lipinski definition) is 2. The molecule has 0 aliphatic heterocycles. The molecule has 0 amide bonds. The van der Waals surface area contributed by atoms with Crippen molar-refractivity contribution in [2.24, 2.45) is 11.1 Å². The standard InChI is InChI=1S/C6H13NO/c1-6(4-8)2-5(7)3-6/h5,8H,2-4,7H2,1H3/t5-,6+. The maximum atomic E-state index is 8.71. The van der Waals surface area contributed by atoms with E-state index in [4.69, 9.17) is 10.8 Å². The van der Waals surface area contributed by atoms with Crippen LogP contribution in [0.1, 0.15) is 19.8 Å². The summed E-state index contributed by atoms with van der Waals surface area (Å²) in [5.41, 5.74) is 5.68. The molecule has 0 aromatic carbocycles. The van der Waals surface area contributed by atoms with Crippen LogP contribution in [0.2, 0.25) is 0 Å². The van der Waals surface area contributed by atoms with Crippen molar-refractivity contribution in [1.82, 2.24) is 0 Å². The number of aliphatic hydroxyl groups excluding tert-OH is 1. The summed E-state index contributed by atoms with van der Waals surface area (Å²) in [7, 11) is 0. The van der Waals surface area contributed by atoms with Gasteiger partial charge in [0, 0.05) is 12.6 Å². The lowest BCUT2D eigenvalue weighted by molar-refractivity contribution is 0.0460. The van der Waals surface area contributed by atoms with Gasteiger partial charge < -0.3 is 10.8 Å². The fourth-order valence-electron chi connectivity index (χ4n) is 1.34. The van der Waals surface area contributed by atoms with E-state index in [-0.39, 0.29) is 5.41 Å². The van der Waals surface area contributed by atoms with Crippen molar-refractivity contribution in [3.63, 3.8) is 0 Å². The molecule has 1 rings (SSSR count). The van der Waals surface area contributed by atoms with Gasteiger partial charge in [-0.1, -0.05) is 6.92 Å². The summed E-state index contributed by atoms with van der Waals surface area (Å²) in [6.07, 6.45) is 1.98. The fraction of sp³-hybridized carbons (Fsp3) is 1.00. The van der Waals surface area contributed by atoms with Crippen LogP contribution in [0.5, 0.6) is 0 Å². The highest BCUT2D eigenvalue weighted by molar-refractivity contribution is 4.91. The average molecular weight is 115 g/mol. The first kappa shape index (κ1) is 6.05. The van der Waals surface area contributed by atoms with Gasteiger partial charge in [-0.2, -0.15) is 0 Å². The Morgan fingerprint density at radius 1 is 1.75 bits per heavy atom. The Labute approximate surface area is 49.7 Å². The first-order valence-electron chi connectivity index (χ1n) is 3.03. The molecule has 0 aromatic heterocycles. The van der Waals surface area contributed by atoms with Gasteiger partial charge in [-0.3, -0.25) is 0 Å². The van der Waals surface area contributed by atoms with Crippen molar-refractivity contribution in [1.29, 1.82) is 0 Å². The van der Waals surface area contributed by atoms with Crippen molar-refractivity contribution in [2.75, 3.05) is 6.61 Å². The van der Waals surface area contributed by atoms with E-state index < -0.39 is 0 Å². The predicted molar refractivity (Wildman–Crippen MR) is 32.4 cm³/mol. The van der Waals surface area contributed by atoms with Gasteiger partial charge in [0.05, 0.1) is 0 Å². The zero-order chi connectivity index (χ0) is 6.20. The second kappa shape index (κ2) is 1.71. The number of nitrogens with two attached hydrogens (primary N) is 1. The third kappa shape index (κ3) is 0.858. The number of aliphatic hydroxyl groups is 1. The Balaban J connectivity index is 2.30. The lowest BCUT2D eigenvalue weighted by atomic mass is 9.68. The van der Waals surface area contributed by atoms with Gasteiger partial charge in [-0.15, -0.1) is 0 Å². The molecule has 8 heavy (non-hydrogen) atoms. The van der Waals surface area contributed by atoms with Crippen molar-refractivity contribution < 1.29 is 5.11 Å². The van der Waals surface area contributed by atoms with Gasteiger partial charge in [0.1, 0.15) is 0 Å². The molecule has 0 bridgehead atoms. The molecule has 2 heteroatoms. The van der Waals surface area contributed by atoms with Crippen molar-refractivity contribution in [3.05, 3.63) is 0 Å². The summed E-state index contributed by atoms with van der Waals surface area (Å²) in [5.74, 6) is 0. The molecule has 0 radical (unpaired) electrons. The van der Waals surface area contributed by atoms with Gasteiger partial charge in [-0.25, -0.2) is 0 Å². The van der Waals surface area contributed by atoms with Crippen LogP contribution in [-0.2, 0) is 0 Å². The molecular weight excluding hydrogens is 102 g/mol. The van der Waals surface area contributed by atoms with Crippen LogP contribution in [0, 0.1) is 5.41 Å². The van der Waals surface area contributed by atoms with Gasteiger partial charge in [-0.05, 0) is 18.3 Å². The van der Waals surface area contributed by atoms with Gasteiger partial charge in [0.15, 0.2) is 0 Å². The SMILES string of the molecule is C[C@]1(CO)C[C@@H](N)C1. The second-order valence-electron chi connectivity index (χ2n) is 3.14. The molecule has 3 N–H and O–H groups in total. The van der Waals surface area contributed by atoms with E-state index in [0.717, 1.165) is 12.8 Å². The lowest BCUT2D eigenvalue weighted by Gasteiger charge is -2.41. The van der Waals surface area contributed by atoms with Crippen LogP contribution in [0.15, 0.2) is 0 Å². The molecule has 0 spiro atoms. The largest absolute Gasteiger partial charge is 0.396 e. The zero-order valence-corrected chi connectivity index (χ0v) is 5.22. The number of hydrogen-bond donors (Lipinski definition) is 2. The third-order valence-electron chi connectivity index (χ3n) is 1.89. The van der Waals surface area contributed by atoms with Crippen LogP contribution in [0.3, 0.4) is 0 Å². The summed E-state index contributed by atoms with van der Waals surface area (Å²) < 4.78 is 0. The van der Waals surface area contributed by atoms with E-state index >= 15 is 0 Å². The van der Waals surface area contributed by atoms with Gasteiger partial charge in [0.2, 0.25) is 0 Å². The Bertz CT molecular complexity index is 86.5. The van der Waals surface area contributed by atoms with E-state index in [2.05, 4.69) is 6.92 Å². The molecule has 0 heterocycles. The minimum Gasteiger partial charge on any atom is -0.396 e. The number of rotatable bonds is 1. The Morgan fingerprint density at radius 2 is 2.25 bits per heavy atom. The Morgan fingerprint density at radius 3 is 2.38 bits per heavy atom. The summed E-state index contributed by atoms with van der Waals surface area (Å²) >= 11 is 0. The van der Waals surface area contributed by atoms with E-state index in [1.807, 2.05) is 0 Å². The minimum absolute atomic E-state index is 0.166. The third-order valence-corrected chi connectivity index (χ3v) is 1.89. The van der Waals surface area contributed by atoms with E-state index in [0.29, 0.717) is 12.6 Å². The molecule has 0 saturated heterocycles. The maximum absolute atomic E-state index is 8.71. The molecule has 1 saturated carbocycles. The van der Waals surface area contributed by atoms with E-state index in [9.17, 15) is 0 Å². The van der Waals surface area contributed by atoms with Gasteiger partial charge in [0.25, 0.3) is 0 Å². The van der Waals surface area contributed by atoms with Crippen LogP contribution >= 0.6 is 0 Å². The molecule has 1 aliphatic carbocycles. The van der Waals surface area contributed by atoms with Crippen LogP contribution in [0.4, 0.5) is 0 Å². The normalized spacial score (nSPS) is 46.1. The van der Waals surface area contributed by atoms with Crippen molar-refractivity contribution >= 4 is 0 Å². The summed E-state index contributed by atoms with van der Waals surface area (Å²) in [4.78, 5) is 0. The second-order valence-corrected chi connectivity index (χ2v) is 3.14. The van der Waals surface area contributed by atoms with Crippen LogP contribution in [-0.4, -0.2) is 17.8 Å². The fourth-order valence-corrected chi connectivity index (χ4v) is 1.34. The Hall–Kier alpha value is -0.0800. The highest BCUT2D eigenvalue weighted by Gasteiger charge is 2.37. The molecule has 2 nitrogen and oxygen atoms in total. The molecular formula is C6H13NO. The average Bonchev–Trinajstić information content (AvgIpc) is 1.63. The lowest BCUT2D eigenvalue weighted by Crippen LogP contribution is -2.46. The molecule has 0 aromatic rings. The molecule has 0 atom stereocenters. The first-order chi connectivity index (χ1) is 3.66. The topological polar surface area (TPSA) is 46.2 Å². The van der Waals surface area contributed by atoms with Crippen LogP contribution in [0.25, 0.3) is 0 Å². The molecule has 48 valence electrons. The van der Waals surface area contributed by atoms with E-state index in [1.165, 1.54) is 0 Å². The van der Waals surface area contributed by atoms with Crippen molar-refractivity contribution in [2.45, 2.75) is 25.8 Å². The zero-order valence-electron chi connectivity index (χ0n) is 5.22. The van der Waals surface area contributed by atoms with Gasteiger partial charge >= 0.3 is 0 Å². The quantitative estimate of drug-likeness (QED) is 0.509. The maximum Gasteiger partial charge on any atom is 0.0485 e. The summed E-state index contributed by atoms with van der Waals surface area (Å²) in [6.45, 7) is 2.36. The first-order valence-corrected chi connectivity index (χ1v) is 3.03. The monoisotopic (exact) mass is 115 g/mol. The molecule has 1 aliphatic rings. The molecule has 0 unspecified atom stereocenters. The summed E-state index contributed by atoms with van der Waals surface area (Å²) in [6, 6.07) is 0.354.